The summed E-state index contributed by atoms with van der Waals surface area (Å²) in [6, 6.07) is 3.41. The molecular weight excluding hydrogens is 230 g/mol. The minimum atomic E-state index is -0.890. The summed E-state index contributed by atoms with van der Waals surface area (Å²) in [5, 5.41) is 15.8. The number of allylic oxidation sites excluding steroid dienone is 4. The second-order valence-electron chi connectivity index (χ2n) is 3.54. The van der Waals surface area contributed by atoms with Crippen molar-refractivity contribution in [2.75, 3.05) is 0 Å². The third-order valence-corrected chi connectivity index (χ3v) is 2.22. The zero-order valence-electron chi connectivity index (χ0n) is 9.93. The fourth-order valence-electron chi connectivity index (χ4n) is 1.39. The molecule has 0 radical (unpaired) electrons. The molecule has 1 rings (SSSR count). The van der Waals surface area contributed by atoms with Crippen molar-refractivity contribution in [3.05, 3.63) is 54.5 Å². The van der Waals surface area contributed by atoms with E-state index in [9.17, 15) is 4.79 Å². The minimum absolute atomic E-state index is 0.0577. The largest absolute Gasteiger partial charge is 0.481 e. The van der Waals surface area contributed by atoms with Gasteiger partial charge in [-0.15, -0.1) is 0 Å². The first-order valence-electron chi connectivity index (χ1n) is 5.46. The third-order valence-electron chi connectivity index (χ3n) is 2.22. The van der Waals surface area contributed by atoms with E-state index in [1.807, 2.05) is 6.08 Å². The van der Waals surface area contributed by atoms with E-state index in [0.717, 1.165) is 11.8 Å². The molecule has 0 fully saturated rings. The molecule has 0 aliphatic rings. The van der Waals surface area contributed by atoms with E-state index >= 15 is 0 Å². The minimum Gasteiger partial charge on any atom is -0.481 e. The van der Waals surface area contributed by atoms with Crippen LogP contribution in [0.25, 0.3) is 5.57 Å². The molecule has 0 saturated heterocycles. The fourth-order valence-corrected chi connectivity index (χ4v) is 1.39. The molecule has 0 saturated carbocycles. The van der Waals surface area contributed by atoms with E-state index in [0.29, 0.717) is 17.9 Å². The van der Waals surface area contributed by atoms with Crippen LogP contribution < -0.4 is 0 Å². The van der Waals surface area contributed by atoms with Gasteiger partial charge in [0.2, 0.25) is 0 Å². The van der Waals surface area contributed by atoms with Crippen molar-refractivity contribution in [3.63, 3.8) is 0 Å². The molecule has 0 amide bonds. The SMILES string of the molecule is C=C/C=C\C/C(=C\CC(=O)O)c1ccc(C=N)o1. The second kappa shape index (κ2) is 7.06. The molecule has 94 valence electrons. The Bertz CT molecular complexity index is 495. The number of nitrogens with one attached hydrogen (secondary N) is 1. The van der Waals surface area contributed by atoms with Gasteiger partial charge in [-0.1, -0.05) is 30.9 Å². The number of hydrogen-bond acceptors (Lipinski definition) is 3. The monoisotopic (exact) mass is 245 g/mol. The maximum atomic E-state index is 10.6. The first-order chi connectivity index (χ1) is 8.67. The molecule has 18 heavy (non-hydrogen) atoms. The highest BCUT2D eigenvalue weighted by atomic mass is 16.4. The first kappa shape index (κ1) is 13.7. The van der Waals surface area contributed by atoms with Crippen LogP contribution in [0.15, 0.2) is 47.4 Å². The predicted molar refractivity (Wildman–Crippen MR) is 70.8 cm³/mol. The van der Waals surface area contributed by atoms with Crippen LogP contribution in [-0.4, -0.2) is 17.3 Å². The van der Waals surface area contributed by atoms with E-state index in [1.165, 1.54) is 0 Å². The molecular formula is C14H15NO3. The van der Waals surface area contributed by atoms with Crippen molar-refractivity contribution in [1.29, 1.82) is 5.41 Å². The Labute approximate surface area is 105 Å². The first-order valence-corrected chi connectivity index (χ1v) is 5.46. The molecule has 0 spiro atoms. The van der Waals surface area contributed by atoms with Crippen LogP contribution >= 0.6 is 0 Å². The van der Waals surface area contributed by atoms with E-state index in [4.69, 9.17) is 14.9 Å². The van der Waals surface area contributed by atoms with Crippen molar-refractivity contribution in [1.82, 2.24) is 0 Å². The number of aliphatic carboxylic acids is 1. The number of hydrogen-bond donors (Lipinski definition) is 2. The van der Waals surface area contributed by atoms with Gasteiger partial charge in [0.05, 0.1) is 12.6 Å². The van der Waals surface area contributed by atoms with Gasteiger partial charge in [-0.2, -0.15) is 0 Å². The summed E-state index contributed by atoms with van der Waals surface area (Å²) in [6.45, 7) is 3.57. The normalized spacial score (nSPS) is 11.7. The molecule has 4 nitrogen and oxygen atoms in total. The number of furan rings is 1. The molecule has 0 bridgehead atoms. The highest BCUT2D eigenvalue weighted by Crippen LogP contribution is 2.21. The molecule has 2 N–H and O–H groups in total. The smallest absolute Gasteiger partial charge is 0.307 e. The molecule has 1 heterocycles. The van der Waals surface area contributed by atoms with Gasteiger partial charge < -0.3 is 14.9 Å². The molecule has 0 aliphatic carbocycles. The summed E-state index contributed by atoms with van der Waals surface area (Å²) in [5.41, 5.74) is 0.781. The lowest BCUT2D eigenvalue weighted by Crippen LogP contribution is -1.92. The van der Waals surface area contributed by atoms with Crippen LogP contribution in [0, 0.1) is 5.41 Å². The van der Waals surface area contributed by atoms with Crippen LogP contribution in [0.1, 0.15) is 24.4 Å². The molecule has 0 atom stereocenters. The summed E-state index contributed by atoms with van der Waals surface area (Å²) in [4.78, 5) is 10.6. The van der Waals surface area contributed by atoms with Gasteiger partial charge >= 0.3 is 5.97 Å². The summed E-state index contributed by atoms with van der Waals surface area (Å²) >= 11 is 0. The Morgan fingerprint density at radius 1 is 1.44 bits per heavy atom. The molecule has 0 aromatic carbocycles. The highest BCUT2D eigenvalue weighted by Gasteiger charge is 2.06. The Hall–Kier alpha value is -2.36. The van der Waals surface area contributed by atoms with Crippen molar-refractivity contribution in [2.45, 2.75) is 12.8 Å². The van der Waals surface area contributed by atoms with Gasteiger partial charge in [0.25, 0.3) is 0 Å². The Morgan fingerprint density at radius 3 is 2.78 bits per heavy atom. The zero-order valence-corrected chi connectivity index (χ0v) is 9.93. The second-order valence-corrected chi connectivity index (χ2v) is 3.54. The average molecular weight is 245 g/mol. The van der Waals surface area contributed by atoms with Crippen molar-refractivity contribution in [2.24, 2.45) is 0 Å². The fraction of sp³-hybridized carbons (Fsp3) is 0.143. The van der Waals surface area contributed by atoms with E-state index in [1.54, 1.807) is 30.4 Å². The summed E-state index contributed by atoms with van der Waals surface area (Å²) in [5.74, 6) is 0.140. The third kappa shape index (κ3) is 4.25. The quantitative estimate of drug-likeness (QED) is 0.572. The lowest BCUT2D eigenvalue weighted by Gasteiger charge is -2.00. The van der Waals surface area contributed by atoms with Crippen molar-refractivity contribution in [3.8, 4) is 0 Å². The van der Waals surface area contributed by atoms with Gasteiger partial charge in [0, 0.05) is 0 Å². The Kier molecular flexibility index (Phi) is 5.38. The maximum Gasteiger partial charge on any atom is 0.307 e. The van der Waals surface area contributed by atoms with Gasteiger partial charge in [-0.25, -0.2) is 0 Å². The predicted octanol–water partition coefficient (Wildman–Crippen LogP) is 3.27. The Morgan fingerprint density at radius 2 is 2.22 bits per heavy atom. The zero-order chi connectivity index (χ0) is 13.4. The number of rotatable bonds is 7. The lowest BCUT2D eigenvalue weighted by atomic mass is 10.1. The topological polar surface area (TPSA) is 74.3 Å². The number of carboxylic acids is 1. The number of carboxylic acid groups (broad SMARTS) is 1. The molecule has 1 aromatic heterocycles. The number of carbonyl (C=O) groups is 1. The van der Waals surface area contributed by atoms with Crippen molar-refractivity contribution >= 4 is 17.8 Å². The molecule has 4 heteroatoms. The van der Waals surface area contributed by atoms with Gasteiger partial charge in [0.15, 0.2) is 0 Å². The highest BCUT2D eigenvalue weighted by molar-refractivity contribution is 5.76. The van der Waals surface area contributed by atoms with Crippen LogP contribution in [0.2, 0.25) is 0 Å². The van der Waals surface area contributed by atoms with E-state index < -0.39 is 5.97 Å². The average Bonchev–Trinajstić information content (AvgIpc) is 2.82. The molecule has 0 aliphatic heterocycles. The van der Waals surface area contributed by atoms with Crippen LogP contribution in [0.4, 0.5) is 0 Å². The van der Waals surface area contributed by atoms with Gasteiger partial charge in [-0.3, -0.25) is 4.79 Å². The van der Waals surface area contributed by atoms with Gasteiger partial charge in [0.1, 0.15) is 11.5 Å². The summed E-state index contributed by atoms with van der Waals surface area (Å²) < 4.78 is 5.39. The summed E-state index contributed by atoms with van der Waals surface area (Å²) in [6.07, 6.45) is 8.53. The van der Waals surface area contributed by atoms with Crippen LogP contribution in [-0.2, 0) is 4.79 Å². The maximum absolute atomic E-state index is 10.6. The van der Waals surface area contributed by atoms with Crippen molar-refractivity contribution < 1.29 is 14.3 Å². The lowest BCUT2D eigenvalue weighted by molar-refractivity contribution is -0.135. The van der Waals surface area contributed by atoms with Crippen LogP contribution in [0.5, 0.6) is 0 Å². The molecule has 1 aromatic rings. The summed E-state index contributed by atoms with van der Waals surface area (Å²) in [7, 11) is 0. The van der Waals surface area contributed by atoms with E-state index in [-0.39, 0.29) is 6.42 Å². The standard InChI is InChI=1S/C14H15NO3/c1-2-3-4-5-11(6-9-14(16)17)13-8-7-12(10-15)18-13/h2-4,6-8,10,15H,1,5,9H2,(H,16,17)/b4-3-,11-6+,15-10?. The van der Waals surface area contributed by atoms with Crippen LogP contribution in [0.3, 0.4) is 0 Å². The van der Waals surface area contributed by atoms with E-state index in [2.05, 4.69) is 6.58 Å². The Balaban J connectivity index is 2.91. The molecule has 0 unspecified atom stereocenters. The van der Waals surface area contributed by atoms with Gasteiger partial charge in [-0.05, 0) is 24.1 Å².